The van der Waals surface area contributed by atoms with Crippen LogP contribution in [0.2, 0.25) is 0 Å². The highest BCUT2D eigenvalue weighted by Crippen LogP contribution is 2.24. The number of nitrogens with zero attached hydrogens (tertiary/aromatic N) is 6. The van der Waals surface area contributed by atoms with E-state index in [1.165, 1.54) is 85.4 Å². The normalized spacial score (nSPS) is 10.9. The molecule has 0 aliphatic rings. The van der Waals surface area contributed by atoms with Gasteiger partial charge >= 0.3 is 0 Å². The van der Waals surface area contributed by atoms with Gasteiger partial charge in [0.25, 0.3) is 0 Å². The molecule has 0 fully saturated rings. The third kappa shape index (κ3) is 18.5. The van der Waals surface area contributed by atoms with Gasteiger partial charge < -0.3 is 0 Å². The van der Waals surface area contributed by atoms with Crippen LogP contribution in [0.4, 0.5) is 0 Å². The van der Waals surface area contributed by atoms with Gasteiger partial charge in [0.15, 0.2) is 17.5 Å². The number of benzene rings is 6. The minimum absolute atomic E-state index is 0.179. The fourth-order valence-electron chi connectivity index (χ4n) is 8.80. The summed E-state index contributed by atoms with van der Waals surface area (Å²) in [6.07, 6.45) is 4.39. The summed E-state index contributed by atoms with van der Waals surface area (Å²) in [6, 6.07) is 43.6. The molecule has 0 aliphatic carbocycles. The van der Waals surface area contributed by atoms with Gasteiger partial charge in [-0.1, -0.05) is 217 Å². The molecule has 3 heterocycles. The number of aromatic nitrogens is 9. The summed E-state index contributed by atoms with van der Waals surface area (Å²) in [5.41, 5.74) is 17.2. The molecule has 0 amide bonds. The summed E-state index contributed by atoms with van der Waals surface area (Å²) in [7, 11) is 0. The Bertz CT molecular complexity index is 3000. The molecule has 0 unspecified atom stereocenters. The lowest BCUT2D eigenvalue weighted by Gasteiger charge is -2.04. The number of ketones is 3. The Balaban J connectivity index is 0.000000170. The van der Waals surface area contributed by atoms with Crippen LogP contribution in [0, 0.1) is 41.5 Å². The highest BCUT2D eigenvalue weighted by Gasteiger charge is 2.14. The van der Waals surface area contributed by atoms with Gasteiger partial charge in [-0.25, -0.2) is 15.0 Å². The van der Waals surface area contributed by atoms with Crippen molar-refractivity contribution in [3.63, 3.8) is 0 Å². The summed E-state index contributed by atoms with van der Waals surface area (Å²) in [4.78, 5) is 50.3. The predicted octanol–water partition coefficient (Wildman–Crippen LogP) is 13.7. The lowest BCUT2D eigenvalue weighted by Crippen LogP contribution is -2.06. The van der Waals surface area contributed by atoms with E-state index in [2.05, 4.69) is 199 Å². The second-order valence-electron chi connectivity index (χ2n) is 19.6. The molecule has 6 aromatic carbocycles. The maximum absolute atomic E-state index is 12.3. The number of nitrogens with one attached hydrogen (secondary N) is 3. The molecule has 15 heteroatoms. The fraction of sp³-hybridized carbons (Fsp3) is 0.286. The number of aryl methyl sites for hydroxylation is 9. The first-order valence-electron chi connectivity index (χ1n) is 26.3. The maximum atomic E-state index is 12.3. The van der Waals surface area contributed by atoms with Crippen molar-refractivity contribution in [1.82, 2.24) is 45.5 Å². The minimum atomic E-state index is 0.179. The van der Waals surface area contributed by atoms with E-state index in [-0.39, 0.29) is 17.3 Å². The largest absolute Gasteiger partial charge is 0.298 e. The molecule has 3 N–H and O–H groups in total. The summed E-state index contributed by atoms with van der Waals surface area (Å²) in [5, 5.41) is 23.3. The molecule has 9 aromatic rings. The number of Topliss-reactive ketones (excluding diaryl/α,β-unsaturated/α-hetero) is 3. The Morgan fingerprint density at radius 3 is 0.795 bits per heavy atom. The lowest BCUT2D eigenvalue weighted by atomic mass is 10.0. The van der Waals surface area contributed by atoms with E-state index in [0.717, 1.165) is 70.1 Å². The van der Waals surface area contributed by atoms with Crippen LogP contribution in [0.25, 0.3) is 34.2 Å². The highest BCUT2D eigenvalue weighted by molar-refractivity contribution is 8.00. The first-order valence-corrected chi connectivity index (χ1v) is 29.3. The molecule has 0 spiro atoms. The molecule has 0 aliphatic heterocycles. The summed E-state index contributed by atoms with van der Waals surface area (Å²) in [5.74, 6) is 3.86. The third-order valence-electron chi connectivity index (χ3n) is 12.4. The zero-order chi connectivity index (χ0) is 55.6. The van der Waals surface area contributed by atoms with Crippen LogP contribution in [0.3, 0.4) is 0 Å². The smallest absolute Gasteiger partial charge is 0.209 e. The van der Waals surface area contributed by atoms with Crippen molar-refractivity contribution >= 4 is 52.6 Å². The quantitative estimate of drug-likeness (QED) is 0.0582. The Kier molecular flexibility index (Phi) is 21.7. The summed E-state index contributed by atoms with van der Waals surface area (Å²) < 4.78 is 0. The van der Waals surface area contributed by atoms with Gasteiger partial charge in [0.2, 0.25) is 15.5 Å². The molecular formula is C63H69N9O3S3. The van der Waals surface area contributed by atoms with E-state index in [1.54, 1.807) is 0 Å². The maximum Gasteiger partial charge on any atom is 0.209 e. The Morgan fingerprint density at radius 2 is 0.577 bits per heavy atom. The van der Waals surface area contributed by atoms with Crippen LogP contribution in [0.15, 0.2) is 143 Å². The van der Waals surface area contributed by atoms with E-state index in [1.807, 2.05) is 36.4 Å². The predicted molar refractivity (Wildman–Crippen MR) is 320 cm³/mol. The lowest BCUT2D eigenvalue weighted by molar-refractivity contribution is -0.116. The highest BCUT2D eigenvalue weighted by atomic mass is 32.2. The number of thioether (sulfide) groups is 3. The topological polar surface area (TPSA) is 176 Å². The zero-order valence-electron chi connectivity index (χ0n) is 46.1. The van der Waals surface area contributed by atoms with Crippen molar-refractivity contribution in [3.05, 3.63) is 194 Å². The number of H-pyrrole nitrogens is 3. The SMILES string of the molecule is CCc1ccc(-c2nc(SCC(=O)Cc3cc(C)cc(C)c3)n[nH]2)cc1.CCc1ccc(-c2nc(SCC(=O)Cc3cc(C)cc(C)c3)n[nH]2)cc1.CCc1ccc(-c2nc(SCC(=O)Cc3cc(C)cc(C)c3)n[nH]2)cc1. The van der Waals surface area contributed by atoms with E-state index < -0.39 is 0 Å². The molecule has 0 atom stereocenters. The van der Waals surface area contributed by atoms with E-state index in [4.69, 9.17) is 0 Å². The number of carbonyl (C=O) groups excluding carboxylic acids is 3. The first-order chi connectivity index (χ1) is 37.6. The molecule has 0 saturated carbocycles. The van der Waals surface area contributed by atoms with E-state index in [0.29, 0.717) is 52.0 Å². The van der Waals surface area contributed by atoms with Crippen LogP contribution >= 0.6 is 35.3 Å². The van der Waals surface area contributed by atoms with Crippen LogP contribution in [0.1, 0.15) is 87.5 Å². The third-order valence-corrected chi connectivity index (χ3v) is 15.2. The van der Waals surface area contributed by atoms with Crippen LogP contribution < -0.4 is 0 Å². The second-order valence-corrected chi connectivity index (χ2v) is 22.4. The number of hydrogen-bond acceptors (Lipinski definition) is 12. The second kappa shape index (κ2) is 29.0. The zero-order valence-corrected chi connectivity index (χ0v) is 48.6. The van der Waals surface area contributed by atoms with Crippen LogP contribution in [-0.4, -0.2) is 80.2 Å². The molecule has 3 aromatic heterocycles. The summed E-state index contributed by atoms with van der Waals surface area (Å²) >= 11 is 4.13. The number of carbonyl (C=O) groups is 3. The molecule has 0 radical (unpaired) electrons. The van der Waals surface area contributed by atoms with Crippen molar-refractivity contribution in [3.8, 4) is 34.2 Å². The monoisotopic (exact) mass is 1100 g/mol. The Morgan fingerprint density at radius 1 is 0.346 bits per heavy atom. The van der Waals surface area contributed by atoms with Crippen molar-refractivity contribution in [2.45, 2.75) is 116 Å². The average molecular weight is 1100 g/mol. The van der Waals surface area contributed by atoms with Crippen LogP contribution in [0.5, 0.6) is 0 Å². The minimum Gasteiger partial charge on any atom is -0.298 e. The molecule has 12 nitrogen and oxygen atoms in total. The van der Waals surface area contributed by atoms with Gasteiger partial charge in [0.1, 0.15) is 17.3 Å². The van der Waals surface area contributed by atoms with E-state index >= 15 is 0 Å². The average Bonchev–Trinajstić information content (AvgIpc) is 4.22. The molecule has 0 saturated heterocycles. The molecule has 9 rings (SSSR count). The van der Waals surface area contributed by atoms with Crippen molar-refractivity contribution < 1.29 is 14.4 Å². The molecular weight excluding hydrogens is 1030 g/mol. The molecule has 402 valence electrons. The van der Waals surface area contributed by atoms with Gasteiger partial charge in [0, 0.05) is 36.0 Å². The Hall–Kier alpha value is -7.20. The van der Waals surface area contributed by atoms with E-state index in [9.17, 15) is 14.4 Å². The van der Waals surface area contributed by atoms with Crippen molar-refractivity contribution in [2.24, 2.45) is 0 Å². The molecule has 78 heavy (non-hydrogen) atoms. The van der Waals surface area contributed by atoms with Gasteiger partial charge in [-0.2, -0.15) is 0 Å². The fourth-order valence-corrected chi connectivity index (χ4v) is 10.8. The Labute approximate surface area is 471 Å². The first kappa shape index (κ1) is 58.5. The van der Waals surface area contributed by atoms with Crippen molar-refractivity contribution in [1.29, 1.82) is 0 Å². The number of rotatable bonds is 21. The van der Waals surface area contributed by atoms with Gasteiger partial charge in [-0.05, 0) is 94.2 Å². The number of hydrogen-bond donors (Lipinski definition) is 3. The molecule has 0 bridgehead atoms. The summed E-state index contributed by atoms with van der Waals surface area (Å²) in [6.45, 7) is 18.7. The number of aromatic amines is 3. The van der Waals surface area contributed by atoms with Crippen LogP contribution in [-0.2, 0) is 52.9 Å². The van der Waals surface area contributed by atoms with Gasteiger partial charge in [0.05, 0.1) is 17.3 Å². The van der Waals surface area contributed by atoms with Gasteiger partial charge in [-0.15, -0.1) is 15.3 Å². The standard InChI is InChI=1S/3C21H23N3OS/c3*1-4-16-5-7-18(8-6-16)20-22-21(24-23-20)26-13-19(25)12-17-10-14(2)9-15(3)11-17/h3*5-11H,4,12-13H2,1-3H3,(H,22,23,24). The van der Waals surface area contributed by atoms with Crippen molar-refractivity contribution in [2.75, 3.05) is 17.3 Å². The van der Waals surface area contributed by atoms with Gasteiger partial charge in [-0.3, -0.25) is 29.7 Å².